The Hall–Kier alpha value is -4.48. The fraction of sp³-hybridized carbons (Fsp3) is 0.147. The van der Waals surface area contributed by atoms with Crippen LogP contribution in [0.25, 0.3) is 6.08 Å². The number of hydrogen-bond donors (Lipinski definition) is 0. The Morgan fingerprint density at radius 2 is 1.55 bits per heavy atom. The Kier molecular flexibility index (Phi) is 5.55. The summed E-state index contributed by atoms with van der Waals surface area (Å²) in [5, 5.41) is 0.562. The van der Waals surface area contributed by atoms with Crippen LogP contribution in [0.15, 0.2) is 103 Å². The molecule has 3 aliphatic rings. The lowest BCUT2D eigenvalue weighted by molar-refractivity contribution is 0.0665. The zero-order chi connectivity index (χ0) is 27.6. The highest BCUT2D eigenvalue weighted by Crippen LogP contribution is 2.61. The van der Waals surface area contributed by atoms with Gasteiger partial charge in [0, 0.05) is 33.3 Å². The monoisotopic (exact) mass is 545 g/mol. The Labute approximate surface area is 236 Å². The second-order valence-electron chi connectivity index (χ2n) is 10.4. The van der Waals surface area contributed by atoms with E-state index in [0.29, 0.717) is 33.0 Å². The smallest absolute Gasteiger partial charge is 0.185 e. The van der Waals surface area contributed by atoms with Gasteiger partial charge in [-0.15, -0.1) is 0 Å². The average Bonchev–Trinajstić information content (AvgIpc) is 3.43. The van der Waals surface area contributed by atoms with Crippen LogP contribution in [0.3, 0.4) is 0 Å². The average molecular weight is 546 g/mol. The minimum absolute atomic E-state index is 0.164. The summed E-state index contributed by atoms with van der Waals surface area (Å²) in [7, 11) is 1.57. The molecule has 1 fully saturated rings. The summed E-state index contributed by atoms with van der Waals surface area (Å²) in [6.07, 6.45) is 3.80. The molecule has 40 heavy (non-hydrogen) atoms. The number of fused-ring (bicyclic) bond motifs is 5. The van der Waals surface area contributed by atoms with Gasteiger partial charge >= 0.3 is 0 Å². The van der Waals surface area contributed by atoms with E-state index in [4.69, 9.17) is 16.3 Å². The van der Waals surface area contributed by atoms with E-state index >= 15 is 0 Å². The molecular formula is C34H24ClNO4. The molecule has 7 rings (SSSR count). The van der Waals surface area contributed by atoms with E-state index in [1.54, 1.807) is 49.6 Å². The fourth-order valence-electron chi connectivity index (χ4n) is 6.93. The van der Waals surface area contributed by atoms with Gasteiger partial charge in [0.25, 0.3) is 0 Å². The number of anilines is 1. The van der Waals surface area contributed by atoms with Gasteiger partial charge in [0.1, 0.15) is 17.2 Å². The number of nitrogens with zero attached hydrogens (tertiary/aromatic N) is 1. The summed E-state index contributed by atoms with van der Waals surface area (Å²) in [4.78, 5) is 45.9. The van der Waals surface area contributed by atoms with E-state index in [2.05, 4.69) is 0 Å². The third-order valence-corrected chi connectivity index (χ3v) is 8.78. The third-order valence-electron chi connectivity index (χ3n) is 8.55. The first kappa shape index (κ1) is 24.6. The second kappa shape index (κ2) is 9.04. The molecule has 4 aromatic rings. The highest BCUT2D eigenvalue weighted by Gasteiger charge is 2.71. The van der Waals surface area contributed by atoms with Crippen LogP contribution in [-0.4, -0.2) is 36.5 Å². The van der Waals surface area contributed by atoms with Gasteiger partial charge in [-0.05, 0) is 41.5 Å². The van der Waals surface area contributed by atoms with Gasteiger partial charge in [0.15, 0.2) is 17.3 Å². The number of hydrogen-bond acceptors (Lipinski definition) is 5. The van der Waals surface area contributed by atoms with Crippen molar-refractivity contribution in [3.05, 3.63) is 136 Å². The summed E-state index contributed by atoms with van der Waals surface area (Å²) in [6, 6.07) is 27.3. The van der Waals surface area contributed by atoms with E-state index in [-0.39, 0.29) is 17.3 Å². The molecule has 5 nitrogen and oxygen atoms in total. The predicted octanol–water partition coefficient (Wildman–Crippen LogP) is 6.66. The molecule has 4 aromatic carbocycles. The summed E-state index contributed by atoms with van der Waals surface area (Å²) < 4.78 is 5.55. The second-order valence-corrected chi connectivity index (χ2v) is 10.9. The quantitative estimate of drug-likeness (QED) is 0.212. The minimum atomic E-state index is -1.56. The van der Waals surface area contributed by atoms with Crippen LogP contribution in [-0.2, 0) is 0 Å². The van der Waals surface area contributed by atoms with Crippen molar-refractivity contribution in [3.63, 3.8) is 0 Å². The molecule has 2 aliphatic heterocycles. The Morgan fingerprint density at radius 1 is 0.850 bits per heavy atom. The maximum absolute atomic E-state index is 14.7. The van der Waals surface area contributed by atoms with Gasteiger partial charge in [0.2, 0.25) is 0 Å². The van der Waals surface area contributed by atoms with Crippen LogP contribution in [0.5, 0.6) is 5.75 Å². The first-order valence-corrected chi connectivity index (χ1v) is 13.5. The van der Waals surface area contributed by atoms with E-state index in [0.717, 1.165) is 11.3 Å². The standard InChI is InChI=1S/C34H24ClNO4/c1-40-24-11-7-10-22(19-24)29-30(31(37)20-8-3-2-4-9-20)36-27-16-15-23(35)18-21(27)14-17-28(36)34(29)32(38)25-12-5-6-13-26(25)33(34)39/h2-19,28-30H,1H3/t28-,29+,30+/m0/s1. The van der Waals surface area contributed by atoms with Crippen molar-refractivity contribution in [1.29, 1.82) is 0 Å². The number of methoxy groups -OCH3 is 1. The van der Waals surface area contributed by atoms with Crippen LogP contribution in [0.1, 0.15) is 48.1 Å². The maximum Gasteiger partial charge on any atom is 0.185 e. The third kappa shape index (κ3) is 3.24. The van der Waals surface area contributed by atoms with Crippen molar-refractivity contribution in [2.75, 3.05) is 12.0 Å². The molecule has 1 saturated heterocycles. The molecule has 1 spiro atoms. The molecule has 0 saturated carbocycles. The molecule has 0 amide bonds. The van der Waals surface area contributed by atoms with Gasteiger partial charge in [-0.1, -0.05) is 90.5 Å². The van der Waals surface area contributed by atoms with Gasteiger partial charge in [0.05, 0.1) is 13.2 Å². The number of rotatable bonds is 4. The maximum atomic E-state index is 14.7. The molecule has 2 heterocycles. The zero-order valence-corrected chi connectivity index (χ0v) is 22.3. The van der Waals surface area contributed by atoms with E-state index in [1.807, 2.05) is 71.6 Å². The van der Waals surface area contributed by atoms with Gasteiger partial charge in [-0.3, -0.25) is 14.4 Å². The number of carbonyl (C=O) groups is 3. The van der Waals surface area contributed by atoms with Gasteiger partial charge in [-0.25, -0.2) is 0 Å². The van der Waals surface area contributed by atoms with Crippen molar-refractivity contribution in [3.8, 4) is 5.75 Å². The van der Waals surface area contributed by atoms with Crippen molar-refractivity contribution in [2.24, 2.45) is 5.41 Å². The van der Waals surface area contributed by atoms with Gasteiger partial charge < -0.3 is 9.64 Å². The van der Waals surface area contributed by atoms with Crippen molar-refractivity contribution in [1.82, 2.24) is 0 Å². The lowest BCUT2D eigenvalue weighted by Gasteiger charge is -2.37. The number of ketones is 3. The number of halogens is 1. The molecule has 6 heteroatoms. The zero-order valence-electron chi connectivity index (χ0n) is 21.6. The highest BCUT2D eigenvalue weighted by atomic mass is 35.5. The molecule has 3 atom stereocenters. The van der Waals surface area contributed by atoms with Crippen molar-refractivity contribution >= 4 is 40.7 Å². The molecule has 0 N–H and O–H groups in total. The van der Waals surface area contributed by atoms with Crippen LogP contribution in [0.2, 0.25) is 5.02 Å². The molecule has 0 bridgehead atoms. The molecular weight excluding hydrogens is 522 g/mol. The summed E-state index contributed by atoms with van der Waals surface area (Å²) in [6.45, 7) is 0. The fourth-order valence-corrected chi connectivity index (χ4v) is 7.11. The van der Waals surface area contributed by atoms with Crippen molar-refractivity contribution < 1.29 is 19.1 Å². The summed E-state index contributed by atoms with van der Waals surface area (Å²) in [5.41, 5.74) is 2.02. The molecule has 196 valence electrons. The van der Waals surface area contributed by atoms with Crippen molar-refractivity contribution in [2.45, 2.75) is 18.0 Å². The molecule has 0 unspecified atom stereocenters. The van der Waals surface area contributed by atoms with E-state index in [1.165, 1.54) is 0 Å². The first-order chi connectivity index (χ1) is 19.5. The number of benzene rings is 4. The first-order valence-electron chi connectivity index (χ1n) is 13.1. The molecule has 1 aliphatic carbocycles. The largest absolute Gasteiger partial charge is 0.497 e. The van der Waals surface area contributed by atoms with E-state index in [9.17, 15) is 14.4 Å². The SMILES string of the molecule is COc1cccc([C@@H]2[C@H](C(=O)c3ccccc3)N3c4ccc(Cl)cc4C=C[C@H]3C23C(=O)c2ccccc2C3=O)c1. The molecule has 0 radical (unpaired) electrons. The number of ether oxygens (including phenoxy) is 1. The number of carbonyl (C=O) groups excluding carboxylic acids is 3. The predicted molar refractivity (Wildman–Crippen MR) is 155 cm³/mol. The van der Waals surface area contributed by atoms with E-state index < -0.39 is 23.4 Å². The minimum Gasteiger partial charge on any atom is -0.497 e. The Bertz CT molecular complexity index is 1710. The highest BCUT2D eigenvalue weighted by molar-refractivity contribution is 6.32. The lowest BCUT2D eigenvalue weighted by atomic mass is 9.64. The molecule has 0 aromatic heterocycles. The van der Waals surface area contributed by atoms with Crippen LogP contribution in [0.4, 0.5) is 5.69 Å². The lowest BCUT2D eigenvalue weighted by Crippen LogP contribution is -2.48. The Morgan fingerprint density at radius 3 is 2.25 bits per heavy atom. The van der Waals surface area contributed by atoms with Crippen LogP contribution in [0, 0.1) is 5.41 Å². The van der Waals surface area contributed by atoms with Crippen LogP contribution >= 0.6 is 11.6 Å². The van der Waals surface area contributed by atoms with Crippen LogP contribution < -0.4 is 9.64 Å². The van der Waals surface area contributed by atoms with Gasteiger partial charge in [-0.2, -0.15) is 0 Å². The normalized spacial score (nSPS) is 21.8. The summed E-state index contributed by atoms with van der Waals surface area (Å²) >= 11 is 6.36. The Balaban J connectivity index is 1.56. The topological polar surface area (TPSA) is 63.7 Å². The number of Topliss-reactive ketones (excluding diaryl/α,β-unsaturated/α-hetero) is 3. The summed E-state index contributed by atoms with van der Waals surface area (Å²) in [5.74, 6) is -0.897.